The third-order valence-electron chi connectivity index (χ3n) is 4.93. The molecule has 2 amide bonds. The molecule has 6 nitrogen and oxygen atoms in total. The molecule has 0 unspecified atom stereocenters. The first-order valence-corrected chi connectivity index (χ1v) is 9.68. The van der Waals surface area contributed by atoms with Crippen molar-refractivity contribution in [2.75, 3.05) is 30.0 Å². The van der Waals surface area contributed by atoms with Crippen molar-refractivity contribution in [3.05, 3.63) is 48.0 Å². The lowest BCUT2D eigenvalue weighted by molar-refractivity contribution is -0.121. The van der Waals surface area contributed by atoms with E-state index in [4.69, 9.17) is 9.47 Å². The zero-order valence-electron chi connectivity index (χ0n) is 15.9. The fraction of sp³-hybridized carbons (Fsp3) is 0.364. The van der Waals surface area contributed by atoms with Crippen LogP contribution in [-0.2, 0) is 9.59 Å². The SMILES string of the molecule is Cc1ccc(OCCCN2C(=O)COc3cc(NC(=O)C4CC4)ccc32)cc1. The molecule has 1 fully saturated rings. The smallest absolute Gasteiger partial charge is 0.265 e. The number of nitrogens with one attached hydrogen (secondary N) is 1. The minimum Gasteiger partial charge on any atom is -0.494 e. The highest BCUT2D eigenvalue weighted by Gasteiger charge is 2.30. The molecule has 0 saturated heterocycles. The summed E-state index contributed by atoms with van der Waals surface area (Å²) < 4.78 is 11.3. The molecule has 0 aromatic heterocycles. The number of nitrogens with zero attached hydrogens (tertiary/aromatic N) is 1. The number of aryl methyl sites for hydroxylation is 1. The summed E-state index contributed by atoms with van der Waals surface area (Å²) in [7, 11) is 0. The van der Waals surface area contributed by atoms with Gasteiger partial charge in [0, 0.05) is 24.2 Å². The van der Waals surface area contributed by atoms with Crippen LogP contribution in [0.2, 0.25) is 0 Å². The van der Waals surface area contributed by atoms with Crippen LogP contribution in [-0.4, -0.2) is 31.6 Å². The molecule has 146 valence electrons. The summed E-state index contributed by atoms with van der Waals surface area (Å²) in [6, 6.07) is 13.3. The summed E-state index contributed by atoms with van der Waals surface area (Å²) in [5.74, 6) is 1.57. The van der Waals surface area contributed by atoms with Gasteiger partial charge in [0.25, 0.3) is 5.91 Å². The second-order valence-corrected chi connectivity index (χ2v) is 7.30. The molecule has 6 heteroatoms. The van der Waals surface area contributed by atoms with Crippen LogP contribution in [0.4, 0.5) is 11.4 Å². The Morgan fingerprint density at radius 2 is 2.00 bits per heavy atom. The monoisotopic (exact) mass is 380 g/mol. The highest BCUT2D eigenvalue weighted by atomic mass is 16.5. The molecule has 2 aromatic rings. The van der Waals surface area contributed by atoms with Crippen LogP contribution in [0.3, 0.4) is 0 Å². The molecular formula is C22H24N2O4. The maximum absolute atomic E-state index is 12.3. The van der Waals surface area contributed by atoms with Crippen molar-refractivity contribution in [1.29, 1.82) is 0 Å². The van der Waals surface area contributed by atoms with Crippen LogP contribution in [0.15, 0.2) is 42.5 Å². The lowest BCUT2D eigenvalue weighted by Gasteiger charge is -2.29. The third kappa shape index (κ3) is 4.27. The molecule has 1 N–H and O–H groups in total. The molecule has 0 bridgehead atoms. The van der Waals surface area contributed by atoms with Crippen molar-refractivity contribution >= 4 is 23.2 Å². The Bertz CT molecular complexity index is 875. The van der Waals surface area contributed by atoms with Gasteiger partial charge in [-0.1, -0.05) is 17.7 Å². The van der Waals surface area contributed by atoms with E-state index in [1.807, 2.05) is 43.3 Å². The minimum absolute atomic E-state index is 0.00580. The Balaban J connectivity index is 1.35. The average Bonchev–Trinajstić information content (AvgIpc) is 3.53. The van der Waals surface area contributed by atoms with Gasteiger partial charge in [-0.2, -0.15) is 0 Å². The second kappa shape index (κ2) is 7.92. The highest BCUT2D eigenvalue weighted by molar-refractivity contribution is 5.99. The quantitative estimate of drug-likeness (QED) is 0.746. The van der Waals surface area contributed by atoms with Crippen LogP contribution >= 0.6 is 0 Å². The van der Waals surface area contributed by atoms with E-state index in [2.05, 4.69) is 5.32 Å². The van der Waals surface area contributed by atoms with Crippen LogP contribution < -0.4 is 19.7 Å². The molecule has 1 heterocycles. The maximum atomic E-state index is 12.3. The second-order valence-electron chi connectivity index (χ2n) is 7.30. The highest BCUT2D eigenvalue weighted by Crippen LogP contribution is 2.36. The number of hydrogen-bond donors (Lipinski definition) is 1. The molecule has 4 rings (SSSR count). The molecular weight excluding hydrogens is 356 g/mol. The summed E-state index contributed by atoms with van der Waals surface area (Å²) in [6.07, 6.45) is 2.62. The topological polar surface area (TPSA) is 67.9 Å². The largest absolute Gasteiger partial charge is 0.494 e. The zero-order chi connectivity index (χ0) is 19.5. The van der Waals surface area contributed by atoms with E-state index in [-0.39, 0.29) is 24.3 Å². The zero-order valence-corrected chi connectivity index (χ0v) is 15.9. The normalized spacial score (nSPS) is 15.6. The number of carbonyl (C=O) groups is 2. The molecule has 2 aromatic carbocycles. The van der Waals surface area contributed by atoms with Crippen LogP contribution in [0, 0.1) is 12.8 Å². The van der Waals surface area contributed by atoms with Gasteiger partial charge in [0.05, 0.1) is 12.3 Å². The first-order valence-electron chi connectivity index (χ1n) is 9.68. The van der Waals surface area contributed by atoms with Gasteiger partial charge in [0.1, 0.15) is 11.5 Å². The van der Waals surface area contributed by atoms with Gasteiger partial charge in [-0.15, -0.1) is 0 Å². The van der Waals surface area contributed by atoms with E-state index in [0.29, 0.717) is 31.0 Å². The van der Waals surface area contributed by atoms with Gasteiger partial charge in [-0.3, -0.25) is 9.59 Å². The van der Waals surface area contributed by atoms with E-state index < -0.39 is 0 Å². The molecule has 28 heavy (non-hydrogen) atoms. The third-order valence-corrected chi connectivity index (χ3v) is 4.93. The number of hydrogen-bond acceptors (Lipinski definition) is 4. The van der Waals surface area contributed by atoms with Crippen molar-refractivity contribution in [3.63, 3.8) is 0 Å². The number of ether oxygens (including phenoxy) is 2. The van der Waals surface area contributed by atoms with Gasteiger partial charge in [0.2, 0.25) is 5.91 Å². The van der Waals surface area contributed by atoms with Gasteiger partial charge in [-0.25, -0.2) is 0 Å². The van der Waals surface area contributed by atoms with Crippen LogP contribution in [0.1, 0.15) is 24.8 Å². The van der Waals surface area contributed by atoms with E-state index in [1.54, 1.807) is 11.0 Å². The maximum Gasteiger partial charge on any atom is 0.265 e. The number of carbonyl (C=O) groups excluding carboxylic acids is 2. The van der Waals surface area contributed by atoms with E-state index in [9.17, 15) is 9.59 Å². The van der Waals surface area contributed by atoms with E-state index >= 15 is 0 Å². The van der Waals surface area contributed by atoms with Gasteiger partial charge < -0.3 is 19.7 Å². The van der Waals surface area contributed by atoms with E-state index in [0.717, 1.165) is 24.3 Å². The Morgan fingerprint density at radius 1 is 1.21 bits per heavy atom. The first kappa shape index (κ1) is 18.3. The summed E-state index contributed by atoms with van der Waals surface area (Å²) >= 11 is 0. The van der Waals surface area contributed by atoms with Crippen molar-refractivity contribution < 1.29 is 19.1 Å². The summed E-state index contributed by atoms with van der Waals surface area (Å²) in [5, 5.41) is 2.91. The predicted octanol–water partition coefficient (Wildman–Crippen LogP) is 3.54. The molecule has 2 aliphatic rings. The van der Waals surface area contributed by atoms with E-state index in [1.165, 1.54) is 5.56 Å². The van der Waals surface area contributed by atoms with Crippen LogP contribution in [0.25, 0.3) is 0 Å². The summed E-state index contributed by atoms with van der Waals surface area (Å²) in [6.45, 7) is 3.12. The van der Waals surface area contributed by atoms with Crippen molar-refractivity contribution in [2.24, 2.45) is 5.92 Å². The molecule has 1 aliphatic heterocycles. The Morgan fingerprint density at radius 3 is 2.75 bits per heavy atom. The van der Waals surface area contributed by atoms with Crippen molar-refractivity contribution in [2.45, 2.75) is 26.2 Å². The van der Waals surface area contributed by atoms with Crippen LogP contribution in [0.5, 0.6) is 11.5 Å². The molecule has 1 aliphatic carbocycles. The molecule has 0 radical (unpaired) electrons. The number of benzene rings is 2. The number of amides is 2. The lowest BCUT2D eigenvalue weighted by Crippen LogP contribution is -2.39. The fourth-order valence-corrected chi connectivity index (χ4v) is 3.16. The summed E-state index contributed by atoms with van der Waals surface area (Å²) in [4.78, 5) is 26.0. The predicted molar refractivity (Wildman–Crippen MR) is 107 cm³/mol. The number of rotatable bonds is 7. The van der Waals surface area contributed by atoms with Crippen molar-refractivity contribution in [3.8, 4) is 11.5 Å². The van der Waals surface area contributed by atoms with Crippen molar-refractivity contribution in [1.82, 2.24) is 0 Å². The fourth-order valence-electron chi connectivity index (χ4n) is 3.16. The van der Waals surface area contributed by atoms with Gasteiger partial charge in [0.15, 0.2) is 6.61 Å². The first-order chi connectivity index (χ1) is 13.6. The van der Waals surface area contributed by atoms with Gasteiger partial charge >= 0.3 is 0 Å². The Kier molecular flexibility index (Phi) is 5.19. The minimum atomic E-state index is -0.0717. The summed E-state index contributed by atoms with van der Waals surface area (Å²) in [5.41, 5.74) is 2.62. The lowest BCUT2D eigenvalue weighted by atomic mass is 10.2. The Hall–Kier alpha value is -3.02. The number of fused-ring (bicyclic) bond motifs is 1. The average molecular weight is 380 g/mol. The van der Waals surface area contributed by atoms with Gasteiger partial charge in [-0.05, 0) is 50.5 Å². The number of anilines is 2. The molecule has 0 atom stereocenters. The molecule has 1 saturated carbocycles. The molecule has 0 spiro atoms. The Labute approximate surface area is 164 Å². The standard InChI is InChI=1S/C22H24N2O4/c1-15-3-8-18(9-4-15)27-12-2-11-24-19-10-7-17(23-22(26)16-5-6-16)13-20(19)28-14-21(24)25/h3-4,7-10,13,16H,2,5-6,11-12,14H2,1H3,(H,23,26).